The lowest BCUT2D eigenvalue weighted by molar-refractivity contribution is -0.133. The largest absolute Gasteiger partial charge is 0.453 e. The van der Waals surface area contributed by atoms with E-state index in [1.165, 1.54) is 14.2 Å². The molecule has 0 radical (unpaired) electrons. The third-order valence-corrected chi connectivity index (χ3v) is 10.8. The lowest BCUT2D eigenvalue weighted by Crippen LogP contribution is -2.43. The lowest BCUT2D eigenvalue weighted by Gasteiger charge is -2.27. The van der Waals surface area contributed by atoms with E-state index in [1.54, 1.807) is 6.20 Å². The molecule has 14 nitrogen and oxygen atoms in total. The van der Waals surface area contributed by atoms with Crippen molar-refractivity contribution in [2.24, 2.45) is 11.8 Å². The molecular formula is C42H52N8O6. The predicted molar refractivity (Wildman–Crippen MR) is 211 cm³/mol. The number of carbonyl (C=O) groups excluding carboxylic acids is 4. The van der Waals surface area contributed by atoms with E-state index in [1.807, 2.05) is 80.0 Å². The zero-order valence-corrected chi connectivity index (χ0v) is 33.0. The number of rotatable bonds is 11. The third-order valence-electron chi connectivity index (χ3n) is 10.8. The molecule has 4 amide bonds. The first kappa shape index (κ1) is 39.8. The maximum Gasteiger partial charge on any atom is 0.407 e. The zero-order chi connectivity index (χ0) is 39.9. The van der Waals surface area contributed by atoms with Crippen molar-refractivity contribution in [3.63, 3.8) is 0 Å². The maximum absolute atomic E-state index is 13.4. The molecule has 14 heteroatoms. The van der Waals surface area contributed by atoms with E-state index >= 15 is 0 Å². The fourth-order valence-electron chi connectivity index (χ4n) is 7.43. The van der Waals surface area contributed by atoms with Crippen LogP contribution < -0.4 is 10.6 Å². The highest BCUT2D eigenvalue weighted by molar-refractivity contribution is 5.80. The number of benzene rings is 2. The van der Waals surface area contributed by atoms with Crippen LogP contribution in [0.15, 0.2) is 48.7 Å². The number of fused-ring (bicyclic) bond motifs is 1. The van der Waals surface area contributed by atoms with Crippen LogP contribution in [0.5, 0.6) is 0 Å². The summed E-state index contributed by atoms with van der Waals surface area (Å²) in [5, 5.41) is 5.58. The van der Waals surface area contributed by atoms with Gasteiger partial charge in [0.25, 0.3) is 0 Å². The van der Waals surface area contributed by atoms with Crippen LogP contribution in [0.4, 0.5) is 9.59 Å². The van der Waals surface area contributed by atoms with Crippen LogP contribution in [0.25, 0.3) is 22.3 Å². The number of imidazole rings is 2. The fourth-order valence-corrected chi connectivity index (χ4v) is 7.43. The Morgan fingerprint density at radius 3 is 1.86 bits per heavy atom. The van der Waals surface area contributed by atoms with Crippen LogP contribution in [-0.4, -0.2) is 93.1 Å². The number of nitrogens with one attached hydrogen (secondary N) is 4. The highest BCUT2D eigenvalue weighted by Crippen LogP contribution is 2.34. The Bertz CT molecular complexity index is 2090. The van der Waals surface area contributed by atoms with Gasteiger partial charge in [-0.05, 0) is 73.4 Å². The van der Waals surface area contributed by atoms with Crippen LogP contribution in [0.2, 0.25) is 0 Å². The molecular weight excluding hydrogens is 713 g/mol. The van der Waals surface area contributed by atoms with Gasteiger partial charge in [-0.25, -0.2) is 19.6 Å². The van der Waals surface area contributed by atoms with Gasteiger partial charge in [0, 0.05) is 49.1 Å². The van der Waals surface area contributed by atoms with Gasteiger partial charge in [0.15, 0.2) is 0 Å². The number of alkyl carbamates (subject to hydrolysis) is 2. The van der Waals surface area contributed by atoms with Gasteiger partial charge in [-0.2, -0.15) is 0 Å². The molecule has 4 N–H and O–H groups in total. The first-order valence-corrected chi connectivity index (χ1v) is 19.4. The van der Waals surface area contributed by atoms with Crippen molar-refractivity contribution in [1.29, 1.82) is 0 Å². The molecule has 2 aliphatic heterocycles. The summed E-state index contributed by atoms with van der Waals surface area (Å²) in [6, 6.07) is 12.8. The molecule has 4 heterocycles. The molecule has 0 spiro atoms. The van der Waals surface area contributed by atoms with Crippen molar-refractivity contribution in [3.05, 3.63) is 71.4 Å². The molecule has 2 aromatic carbocycles. The molecule has 0 saturated carbocycles. The molecule has 2 aromatic heterocycles. The van der Waals surface area contributed by atoms with Crippen molar-refractivity contribution >= 4 is 35.0 Å². The standard InChI is InChI=1S/C42H52N8O6/c1-25(2)31(47-41(53)55-5)22-37(51)49-19-7-9-35(49)39-43-24-34(46-39)29-16-13-27(14-17-29)11-12-28-15-18-30-33(21-28)45-40(44-30)36-10-8-20-50(36)38(52)23-32(26(3)4)48-42(54)56-6/h13-18,21,24-26,31-32,35-36H,7-10,19-20,22-23H2,1-6H3,(H,43,46)(H,44,45)(H,47,53)(H,48,54)/t31-,32-,35-,36-/m0/s1. The van der Waals surface area contributed by atoms with Crippen molar-refractivity contribution in [3.8, 4) is 23.1 Å². The molecule has 6 rings (SSSR count). The topological polar surface area (TPSA) is 175 Å². The highest BCUT2D eigenvalue weighted by atomic mass is 16.5. The van der Waals surface area contributed by atoms with Gasteiger partial charge in [-0.1, -0.05) is 51.7 Å². The third kappa shape index (κ3) is 9.33. The number of nitrogens with zero attached hydrogens (tertiary/aromatic N) is 4. The number of aromatic nitrogens is 4. The summed E-state index contributed by atoms with van der Waals surface area (Å²) in [6.45, 7) is 9.16. The van der Waals surface area contributed by atoms with Gasteiger partial charge in [-0.15, -0.1) is 0 Å². The summed E-state index contributed by atoms with van der Waals surface area (Å²) in [7, 11) is 2.63. The van der Waals surface area contributed by atoms with Crippen LogP contribution in [0.1, 0.15) is 101 Å². The van der Waals surface area contributed by atoms with Crippen LogP contribution in [0, 0.1) is 23.7 Å². The van der Waals surface area contributed by atoms with Crippen molar-refractivity contribution in [1.82, 2.24) is 40.4 Å². The first-order chi connectivity index (χ1) is 26.9. The molecule has 2 aliphatic rings. The summed E-state index contributed by atoms with van der Waals surface area (Å²) >= 11 is 0. The smallest absolute Gasteiger partial charge is 0.407 e. The number of aromatic amines is 2. The monoisotopic (exact) mass is 764 g/mol. The number of hydrogen-bond donors (Lipinski definition) is 4. The van der Waals surface area contributed by atoms with E-state index in [0.29, 0.717) is 13.1 Å². The average molecular weight is 765 g/mol. The second-order valence-electron chi connectivity index (χ2n) is 15.2. The van der Waals surface area contributed by atoms with E-state index < -0.39 is 12.2 Å². The van der Waals surface area contributed by atoms with E-state index in [9.17, 15) is 19.2 Å². The SMILES string of the molecule is COC(=O)N[C@@H](CC(=O)N1CCC[C@H]1c1ncc(-c2ccc(C#Cc3ccc4nc([C@@H]5CCCN5C(=O)C[C@H](NC(=O)OC)C(C)C)[nH]c4c3)cc2)[nH]1)C(C)C. The van der Waals surface area contributed by atoms with Gasteiger partial charge < -0.3 is 39.9 Å². The average Bonchev–Trinajstić information content (AvgIpc) is 4.02. The minimum Gasteiger partial charge on any atom is -0.453 e. The number of H-pyrrole nitrogens is 2. The Balaban J connectivity index is 1.09. The lowest BCUT2D eigenvalue weighted by atomic mass is 10.00. The summed E-state index contributed by atoms with van der Waals surface area (Å²) in [5.74, 6) is 8.10. The summed E-state index contributed by atoms with van der Waals surface area (Å²) in [4.78, 5) is 70.6. The van der Waals surface area contributed by atoms with E-state index in [0.717, 1.165) is 70.7 Å². The molecule has 296 valence electrons. The van der Waals surface area contributed by atoms with Crippen LogP contribution >= 0.6 is 0 Å². The molecule has 0 bridgehead atoms. The van der Waals surface area contributed by atoms with Crippen molar-refractivity contribution < 1.29 is 28.7 Å². The second-order valence-corrected chi connectivity index (χ2v) is 15.2. The molecule has 2 saturated heterocycles. The molecule has 2 fully saturated rings. The number of carbonyl (C=O) groups is 4. The zero-order valence-electron chi connectivity index (χ0n) is 33.0. The Labute approximate surface area is 327 Å². The van der Waals surface area contributed by atoms with Gasteiger partial charge in [0.1, 0.15) is 11.6 Å². The highest BCUT2D eigenvalue weighted by Gasteiger charge is 2.35. The first-order valence-electron chi connectivity index (χ1n) is 19.4. The summed E-state index contributed by atoms with van der Waals surface area (Å²) in [6.07, 6.45) is 4.46. The van der Waals surface area contributed by atoms with Gasteiger partial charge in [-0.3, -0.25) is 9.59 Å². The number of methoxy groups -OCH3 is 2. The summed E-state index contributed by atoms with van der Waals surface area (Å²) in [5.41, 5.74) is 5.15. The molecule has 0 unspecified atom stereocenters. The second kappa shape index (κ2) is 17.7. The Hall–Kier alpha value is -5.84. The Morgan fingerprint density at radius 1 is 0.768 bits per heavy atom. The maximum atomic E-state index is 13.4. The number of hydrogen-bond acceptors (Lipinski definition) is 8. The van der Waals surface area contributed by atoms with Crippen molar-refractivity contribution in [2.45, 2.75) is 90.4 Å². The fraction of sp³-hybridized carbons (Fsp3) is 0.476. The van der Waals surface area contributed by atoms with E-state index in [-0.39, 0.29) is 60.7 Å². The van der Waals surface area contributed by atoms with E-state index in [2.05, 4.69) is 37.4 Å². The van der Waals surface area contributed by atoms with Crippen LogP contribution in [0.3, 0.4) is 0 Å². The van der Waals surface area contributed by atoms with Crippen LogP contribution in [-0.2, 0) is 19.1 Å². The molecule has 0 aliphatic carbocycles. The summed E-state index contributed by atoms with van der Waals surface area (Å²) < 4.78 is 9.51. The van der Waals surface area contributed by atoms with Gasteiger partial charge >= 0.3 is 12.2 Å². The van der Waals surface area contributed by atoms with Gasteiger partial charge in [0.2, 0.25) is 11.8 Å². The quantitative estimate of drug-likeness (QED) is 0.130. The number of amides is 4. The van der Waals surface area contributed by atoms with Crippen molar-refractivity contribution in [2.75, 3.05) is 27.3 Å². The number of likely N-dealkylation sites (tertiary alicyclic amines) is 2. The molecule has 56 heavy (non-hydrogen) atoms. The van der Waals surface area contributed by atoms with E-state index in [4.69, 9.17) is 14.5 Å². The van der Waals surface area contributed by atoms with Gasteiger partial charge in [0.05, 0.1) is 49.2 Å². The normalized spacial score (nSPS) is 17.8. The predicted octanol–water partition coefficient (Wildman–Crippen LogP) is 6.22. The minimum absolute atomic E-state index is 0.0224. The molecule has 4 aromatic rings. The minimum atomic E-state index is -0.543. The molecule has 4 atom stereocenters. The Morgan fingerprint density at radius 2 is 1.30 bits per heavy atom. The Kier molecular flexibility index (Phi) is 12.6. The number of ether oxygens (including phenoxy) is 2.